The predicted molar refractivity (Wildman–Crippen MR) is 77.8 cm³/mol. The normalized spacial score (nSPS) is 14.5. The van der Waals surface area contributed by atoms with E-state index < -0.39 is 10.8 Å². The van der Waals surface area contributed by atoms with Gasteiger partial charge in [-0.05, 0) is 37.6 Å². The van der Waals surface area contributed by atoms with Gasteiger partial charge >= 0.3 is 0 Å². The van der Waals surface area contributed by atoms with Gasteiger partial charge in [-0.15, -0.1) is 0 Å². The van der Waals surface area contributed by atoms with Gasteiger partial charge in [-0.2, -0.15) is 0 Å². The van der Waals surface area contributed by atoms with Crippen LogP contribution < -0.4 is 5.32 Å². The van der Waals surface area contributed by atoms with Crippen molar-refractivity contribution in [3.63, 3.8) is 0 Å². The van der Waals surface area contributed by atoms with Crippen LogP contribution in [0.5, 0.6) is 0 Å². The van der Waals surface area contributed by atoms with Gasteiger partial charge in [0.2, 0.25) is 0 Å². The first kappa shape index (κ1) is 14.9. The molecule has 4 heteroatoms. The molecule has 0 amide bonds. The maximum atomic E-state index is 12.2. The van der Waals surface area contributed by atoms with E-state index in [9.17, 15) is 4.21 Å². The lowest BCUT2D eigenvalue weighted by Gasteiger charge is -2.16. The van der Waals surface area contributed by atoms with Gasteiger partial charge in [-0.1, -0.05) is 35.8 Å². The molecule has 0 saturated heterocycles. The Kier molecular flexibility index (Phi) is 7.00. The van der Waals surface area contributed by atoms with E-state index in [0.29, 0.717) is 11.8 Å². The van der Waals surface area contributed by atoms with E-state index in [1.807, 2.05) is 24.3 Å². The summed E-state index contributed by atoms with van der Waals surface area (Å²) in [5.74, 6) is 0.687. The molecule has 0 aliphatic heterocycles. The fourth-order valence-corrected chi connectivity index (χ4v) is 3.51. The first-order chi connectivity index (χ1) is 8.17. The Balaban J connectivity index is 2.58. The lowest BCUT2D eigenvalue weighted by molar-refractivity contribution is 0.534. The van der Waals surface area contributed by atoms with Crippen molar-refractivity contribution < 1.29 is 4.21 Å². The highest BCUT2D eigenvalue weighted by Crippen LogP contribution is 2.15. The van der Waals surface area contributed by atoms with Crippen LogP contribution in [-0.4, -0.2) is 22.5 Å². The second kappa shape index (κ2) is 8.01. The summed E-state index contributed by atoms with van der Waals surface area (Å²) in [7, 11) is -0.920. The van der Waals surface area contributed by atoms with Crippen LogP contribution in [-0.2, 0) is 10.8 Å². The Bertz CT molecular complexity index is 370. The Labute approximate surface area is 115 Å². The molecule has 1 N–H and O–H groups in total. The second-order valence-electron chi connectivity index (χ2n) is 4.03. The van der Waals surface area contributed by atoms with Crippen molar-refractivity contribution in [3.05, 3.63) is 28.7 Å². The van der Waals surface area contributed by atoms with E-state index in [0.717, 1.165) is 28.8 Å². The van der Waals surface area contributed by atoms with Crippen LogP contribution in [0.2, 0.25) is 0 Å². The fourth-order valence-electron chi connectivity index (χ4n) is 1.56. The summed E-state index contributed by atoms with van der Waals surface area (Å²) in [4.78, 5) is 0.899. The second-order valence-corrected chi connectivity index (χ2v) is 6.44. The molecule has 0 aliphatic rings. The molecule has 0 heterocycles. The van der Waals surface area contributed by atoms with Crippen molar-refractivity contribution in [3.8, 4) is 0 Å². The van der Waals surface area contributed by atoms with Gasteiger partial charge in [0, 0.05) is 21.2 Å². The first-order valence-electron chi connectivity index (χ1n) is 6.04. The van der Waals surface area contributed by atoms with Gasteiger partial charge in [-0.3, -0.25) is 4.21 Å². The highest BCUT2D eigenvalue weighted by Gasteiger charge is 2.11. The summed E-state index contributed by atoms with van der Waals surface area (Å²) < 4.78 is 13.2. The number of hydrogen-bond donors (Lipinski definition) is 1. The summed E-state index contributed by atoms with van der Waals surface area (Å²) in [6, 6.07) is 8.08. The summed E-state index contributed by atoms with van der Waals surface area (Å²) in [5.41, 5.74) is 0. The predicted octanol–water partition coefficient (Wildman–Crippen LogP) is 3.33. The molecule has 0 bridgehead atoms. The largest absolute Gasteiger partial charge is 0.313 e. The van der Waals surface area contributed by atoms with Crippen molar-refractivity contribution in [2.45, 2.75) is 37.6 Å². The Morgan fingerprint density at radius 3 is 2.76 bits per heavy atom. The number of rotatable bonds is 7. The standard InChI is InChI=1S/C13H20BrNOS/c1-3-8-15-12(4-2)10-17(16)13-7-5-6-11(14)9-13/h5-7,9,12,15H,3-4,8,10H2,1-2H3. The van der Waals surface area contributed by atoms with Gasteiger partial charge in [0.25, 0.3) is 0 Å². The SMILES string of the molecule is CCCNC(CC)CS(=O)c1cccc(Br)c1. The Hall–Kier alpha value is -0.190. The van der Waals surface area contributed by atoms with Gasteiger partial charge in [0.05, 0.1) is 10.8 Å². The number of benzene rings is 1. The molecule has 0 saturated carbocycles. The maximum absolute atomic E-state index is 12.2. The van der Waals surface area contributed by atoms with Crippen LogP contribution in [0.15, 0.2) is 33.6 Å². The molecule has 0 spiro atoms. The van der Waals surface area contributed by atoms with E-state index in [-0.39, 0.29) is 0 Å². The lowest BCUT2D eigenvalue weighted by atomic mass is 10.2. The molecule has 0 aliphatic carbocycles. The molecule has 2 unspecified atom stereocenters. The molecule has 1 aromatic rings. The number of nitrogens with one attached hydrogen (secondary N) is 1. The molecular weight excluding hydrogens is 298 g/mol. The molecular formula is C13H20BrNOS. The molecule has 0 fully saturated rings. The molecule has 17 heavy (non-hydrogen) atoms. The molecule has 96 valence electrons. The highest BCUT2D eigenvalue weighted by molar-refractivity contribution is 9.10. The van der Waals surface area contributed by atoms with E-state index in [1.165, 1.54) is 0 Å². The average Bonchev–Trinajstić information content (AvgIpc) is 2.34. The molecule has 2 nitrogen and oxygen atoms in total. The number of halogens is 1. The molecule has 2 atom stereocenters. The van der Waals surface area contributed by atoms with Crippen molar-refractivity contribution in [1.29, 1.82) is 0 Å². The minimum atomic E-state index is -0.920. The summed E-state index contributed by atoms with van der Waals surface area (Å²) in [6.07, 6.45) is 2.12. The van der Waals surface area contributed by atoms with E-state index in [1.54, 1.807) is 0 Å². The maximum Gasteiger partial charge on any atom is 0.0545 e. The zero-order chi connectivity index (χ0) is 12.7. The van der Waals surface area contributed by atoms with Crippen LogP contribution >= 0.6 is 15.9 Å². The molecule has 0 aromatic heterocycles. The van der Waals surface area contributed by atoms with Crippen LogP contribution in [0.3, 0.4) is 0 Å². The van der Waals surface area contributed by atoms with Crippen LogP contribution in [0.1, 0.15) is 26.7 Å². The third kappa shape index (κ3) is 5.32. The van der Waals surface area contributed by atoms with Crippen molar-refractivity contribution in [2.24, 2.45) is 0 Å². The van der Waals surface area contributed by atoms with Crippen LogP contribution in [0.4, 0.5) is 0 Å². The van der Waals surface area contributed by atoms with Crippen molar-refractivity contribution in [2.75, 3.05) is 12.3 Å². The Morgan fingerprint density at radius 1 is 1.41 bits per heavy atom. The topological polar surface area (TPSA) is 29.1 Å². The van der Waals surface area contributed by atoms with Crippen LogP contribution in [0.25, 0.3) is 0 Å². The van der Waals surface area contributed by atoms with Crippen LogP contribution in [0, 0.1) is 0 Å². The molecule has 1 aromatic carbocycles. The highest BCUT2D eigenvalue weighted by atomic mass is 79.9. The van der Waals surface area contributed by atoms with Gasteiger partial charge in [-0.25, -0.2) is 0 Å². The smallest absolute Gasteiger partial charge is 0.0545 e. The van der Waals surface area contributed by atoms with E-state index in [2.05, 4.69) is 35.1 Å². The zero-order valence-electron chi connectivity index (χ0n) is 10.4. The minimum absolute atomic E-state index is 0.342. The summed E-state index contributed by atoms with van der Waals surface area (Å²) in [6.45, 7) is 5.27. The Morgan fingerprint density at radius 2 is 2.18 bits per heavy atom. The minimum Gasteiger partial charge on any atom is -0.313 e. The zero-order valence-corrected chi connectivity index (χ0v) is 12.8. The molecule has 1 rings (SSSR count). The third-order valence-corrected chi connectivity index (χ3v) is 4.57. The average molecular weight is 318 g/mol. The lowest BCUT2D eigenvalue weighted by Crippen LogP contribution is -2.34. The monoisotopic (exact) mass is 317 g/mol. The van der Waals surface area contributed by atoms with Crippen molar-refractivity contribution in [1.82, 2.24) is 5.32 Å². The quantitative estimate of drug-likeness (QED) is 0.835. The van der Waals surface area contributed by atoms with Gasteiger partial charge < -0.3 is 5.32 Å². The summed E-state index contributed by atoms with van der Waals surface area (Å²) in [5, 5.41) is 3.43. The van der Waals surface area contributed by atoms with Gasteiger partial charge in [0.15, 0.2) is 0 Å². The van der Waals surface area contributed by atoms with Crippen molar-refractivity contribution >= 4 is 26.7 Å². The summed E-state index contributed by atoms with van der Waals surface area (Å²) >= 11 is 3.41. The fraction of sp³-hybridized carbons (Fsp3) is 0.538. The first-order valence-corrected chi connectivity index (χ1v) is 8.15. The van der Waals surface area contributed by atoms with Gasteiger partial charge in [0.1, 0.15) is 0 Å². The van der Waals surface area contributed by atoms with E-state index >= 15 is 0 Å². The van der Waals surface area contributed by atoms with E-state index in [4.69, 9.17) is 0 Å². The number of hydrogen-bond acceptors (Lipinski definition) is 2. The third-order valence-electron chi connectivity index (χ3n) is 2.59. The molecule has 0 radical (unpaired) electrons.